The van der Waals surface area contributed by atoms with Crippen LogP contribution in [0.5, 0.6) is 0 Å². The van der Waals surface area contributed by atoms with E-state index in [0.29, 0.717) is 11.2 Å². The Bertz CT molecular complexity index is 606. The summed E-state index contributed by atoms with van der Waals surface area (Å²) in [6, 6.07) is 4.00. The fourth-order valence-corrected chi connectivity index (χ4v) is 3.80. The molecule has 1 fully saturated rings. The molecular formula is C16H22N4S. The van der Waals surface area contributed by atoms with Crippen LogP contribution in [0.2, 0.25) is 0 Å². The van der Waals surface area contributed by atoms with E-state index in [1.54, 1.807) is 6.20 Å². The first kappa shape index (κ1) is 14.3. The van der Waals surface area contributed by atoms with Crippen molar-refractivity contribution in [3.8, 4) is 11.1 Å². The molecule has 0 unspecified atom stereocenters. The van der Waals surface area contributed by atoms with Crippen molar-refractivity contribution in [2.24, 2.45) is 5.41 Å². The maximum atomic E-state index is 6.12. The van der Waals surface area contributed by atoms with Gasteiger partial charge >= 0.3 is 0 Å². The van der Waals surface area contributed by atoms with Crippen LogP contribution in [0.3, 0.4) is 0 Å². The van der Waals surface area contributed by atoms with Gasteiger partial charge in [-0.05, 0) is 42.3 Å². The second-order valence-electron chi connectivity index (χ2n) is 6.49. The highest BCUT2D eigenvalue weighted by molar-refractivity contribution is 7.11. The largest absolute Gasteiger partial charge is 0.382 e. The maximum absolute atomic E-state index is 6.12. The van der Waals surface area contributed by atoms with Gasteiger partial charge < -0.3 is 10.6 Å². The Morgan fingerprint density at radius 1 is 1.29 bits per heavy atom. The molecular weight excluding hydrogens is 280 g/mol. The van der Waals surface area contributed by atoms with Crippen LogP contribution in [0.1, 0.15) is 33.1 Å². The van der Waals surface area contributed by atoms with E-state index in [4.69, 9.17) is 5.73 Å². The lowest BCUT2D eigenvalue weighted by Gasteiger charge is -2.24. The highest BCUT2D eigenvalue weighted by Gasteiger charge is 2.26. The van der Waals surface area contributed by atoms with Crippen LogP contribution in [0.15, 0.2) is 24.5 Å². The fraction of sp³-hybridized carbons (Fsp3) is 0.500. The molecule has 3 heterocycles. The molecule has 3 rings (SSSR count). The first-order valence-corrected chi connectivity index (χ1v) is 8.25. The van der Waals surface area contributed by atoms with Gasteiger partial charge in [-0.1, -0.05) is 19.9 Å². The van der Waals surface area contributed by atoms with Gasteiger partial charge in [0.1, 0.15) is 10.8 Å². The normalized spacial score (nSPS) is 18.5. The van der Waals surface area contributed by atoms with Gasteiger partial charge in [-0.3, -0.25) is 4.98 Å². The minimum absolute atomic E-state index is 0.430. The Morgan fingerprint density at radius 2 is 2.14 bits per heavy atom. The first-order chi connectivity index (χ1) is 10.1. The molecule has 0 spiro atoms. The van der Waals surface area contributed by atoms with Crippen molar-refractivity contribution in [2.75, 3.05) is 23.7 Å². The summed E-state index contributed by atoms with van der Waals surface area (Å²) in [6.07, 6.45) is 7.35. The van der Waals surface area contributed by atoms with Crippen LogP contribution in [0.4, 0.5) is 10.8 Å². The van der Waals surface area contributed by atoms with E-state index in [-0.39, 0.29) is 0 Å². The van der Waals surface area contributed by atoms with Crippen molar-refractivity contribution < 1.29 is 0 Å². The third-order valence-corrected chi connectivity index (χ3v) is 5.20. The number of hydrogen-bond acceptors (Lipinski definition) is 5. The highest BCUT2D eigenvalue weighted by Crippen LogP contribution is 2.41. The van der Waals surface area contributed by atoms with Gasteiger partial charge in [-0.2, -0.15) is 4.37 Å². The third kappa shape index (κ3) is 3.02. The van der Waals surface area contributed by atoms with Crippen molar-refractivity contribution >= 4 is 22.4 Å². The van der Waals surface area contributed by atoms with E-state index in [1.807, 2.05) is 12.3 Å². The van der Waals surface area contributed by atoms with Crippen LogP contribution in [0, 0.1) is 5.41 Å². The SMILES string of the molecule is CC1(C)CCCN(c2snc(N)c2-c2cccnc2)CC1. The van der Waals surface area contributed by atoms with E-state index in [2.05, 4.69) is 34.2 Å². The predicted molar refractivity (Wildman–Crippen MR) is 89.6 cm³/mol. The number of pyridine rings is 1. The van der Waals surface area contributed by atoms with Crippen LogP contribution in [-0.2, 0) is 0 Å². The van der Waals surface area contributed by atoms with E-state index in [9.17, 15) is 0 Å². The summed E-state index contributed by atoms with van der Waals surface area (Å²) in [5.74, 6) is 0.617. The van der Waals surface area contributed by atoms with Gasteiger partial charge in [0, 0.05) is 31.0 Å². The lowest BCUT2D eigenvalue weighted by atomic mass is 9.85. The molecule has 4 nitrogen and oxygen atoms in total. The monoisotopic (exact) mass is 302 g/mol. The summed E-state index contributed by atoms with van der Waals surface area (Å²) in [4.78, 5) is 6.66. The van der Waals surface area contributed by atoms with Crippen LogP contribution >= 0.6 is 11.5 Å². The van der Waals surface area contributed by atoms with Crippen molar-refractivity contribution in [1.29, 1.82) is 0 Å². The number of nitrogens with zero attached hydrogens (tertiary/aromatic N) is 3. The average molecular weight is 302 g/mol. The molecule has 1 aliphatic rings. The van der Waals surface area contributed by atoms with E-state index >= 15 is 0 Å². The first-order valence-electron chi connectivity index (χ1n) is 7.47. The Morgan fingerprint density at radius 3 is 2.90 bits per heavy atom. The Hall–Kier alpha value is -1.62. The van der Waals surface area contributed by atoms with Gasteiger partial charge in [0.25, 0.3) is 0 Å². The summed E-state index contributed by atoms with van der Waals surface area (Å²) in [7, 11) is 0. The number of aromatic nitrogens is 2. The molecule has 5 heteroatoms. The van der Waals surface area contributed by atoms with E-state index < -0.39 is 0 Å². The summed E-state index contributed by atoms with van der Waals surface area (Å²) >= 11 is 1.51. The average Bonchev–Trinajstić information content (AvgIpc) is 2.75. The number of nitrogens with two attached hydrogens (primary N) is 1. The number of anilines is 2. The molecule has 0 atom stereocenters. The predicted octanol–water partition coefficient (Wildman–Crippen LogP) is 3.80. The van der Waals surface area contributed by atoms with Crippen LogP contribution in [0.25, 0.3) is 11.1 Å². The quantitative estimate of drug-likeness (QED) is 0.916. The zero-order valence-electron chi connectivity index (χ0n) is 12.7. The Balaban J connectivity index is 1.93. The topological polar surface area (TPSA) is 55.0 Å². The Kier molecular flexibility index (Phi) is 3.85. The number of rotatable bonds is 2. The molecule has 0 aromatic carbocycles. The molecule has 2 aromatic rings. The maximum Gasteiger partial charge on any atom is 0.147 e. The molecule has 0 amide bonds. The van der Waals surface area contributed by atoms with Crippen molar-refractivity contribution in [3.63, 3.8) is 0 Å². The zero-order valence-corrected chi connectivity index (χ0v) is 13.5. The van der Waals surface area contributed by atoms with Gasteiger partial charge in [-0.15, -0.1) is 0 Å². The summed E-state index contributed by atoms with van der Waals surface area (Å²) in [5, 5.41) is 1.19. The molecule has 1 aliphatic heterocycles. The molecule has 2 N–H and O–H groups in total. The molecule has 1 saturated heterocycles. The summed E-state index contributed by atoms with van der Waals surface area (Å²) in [6.45, 7) is 6.87. The highest BCUT2D eigenvalue weighted by atomic mass is 32.1. The van der Waals surface area contributed by atoms with Crippen LogP contribution < -0.4 is 10.6 Å². The molecule has 0 bridgehead atoms. The van der Waals surface area contributed by atoms with Crippen molar-refractivity contribution in [2.45, 2.75) is 33.1 Å². The third-order valence-electron chi connectivity index (χ3n) is 4.28. The van der Waals surface area contributed by atoms with Gasteiger partial charge in [-0.25, -0.2) is 0 Å². The Labute approximate surface area is 130 Å². The molecule has 0 aliphatic carbocycles. The zero-order chi connectivity index (χ0) is 14.9. The second-order valence-corrected chi connectivity index (χ2v) is 7.25. The summed E-state index contributed by atoms with van der Waals surface area (Å²) in [5.41, 5.74) is 8.65. The van der Waals surface area contributed by atoms with E-state index in [0.717, 1.165) is 24.2 Å². The minimum atomic E-state index is 0.430. The summed E-state index contributed by atoms with van der Waals surface area (Å²) < 4.78 is 4.39. The standard InChI is InChI=1S/C16H22N4S/c1-16(2)6-4-9-20(10-7-16)15-13(14(17)19-21-15)12-5-3-8-18-11-12/h3,5,8,11H,4,6-7,9-10H2,1-2H3,(H2,17,19). The van der Waals surface area contributed by atoms with Gasteiger partial charge in [0.15, 0.2) is 0 Å². The van der Waals surface area contributed by atoms with Crippen molar-refractivity contribution in [3.05, 3.63) is 24.5 Å². The van der Waals surface area contributed by atoms with Gasteiger partial charge in [0.2, 0.25) is 0 Å². The lowest BCUT2D eigenvalue weighted by Crippen LogP contribution is -2.24. The fourth-order valence-electron chi connectivity index (χ4n) is 2.92. The smallest absolute Gasteiger partial charge is 0.147 e. The second kappa shape index (κ2) is 5.64. The number of hydrogen-bond donors (Lipinski definition) is 1. The van der Waals surface area contributed by atoms with Crippen LogP contribution in [-0.4, -0.2) is 22.4 Å². The number of nitrogen functional groups attached to an aromatic ring is 1. The lowest BCUT2D eigenvalue weighted by molar-refractivity contribution is 0.325. The molecule has 0 saturated carbocycles. The molecule has 2 aromatic heterocycles. The van der Waals surface area contributed by atoms with E-state index in [1.165, 1.54) is 35.8 Å². The minimum Gasteiger partial charge on any atom is -0.382 e. The molecule has 21 heavy (non-hydrogen) atoms. The molecule has 112 valence electrons. The van der Waals surface area contributed by atoms with Crippen molar-refractivity contribution in [1.82, 2.24) is 9.36 Å². The van der Waals surface area contributed by atoms with Gasteiger partial charge in [0.05, 0.1) is 5.56 Å². The molecule has 0 radical (unpaired) electrons.